The van der Waals surface area contributed by atoms with E-state index in [1.165, 1.54) is 36.0 Å². The summed E-state index contributed by atoms with van der Waals surface area (Å²) < 4.78 is 0. The Morgan fingerprint density at radius 1 is 1.06 bits per heavy atom. The third-order valence-corrected chi connectivity index (χ3v) is 6.73. The normalized spacial score (nSPS) is 19.1. The Morgan fingerprint density at radius 2 is 1.66 bits per heavy atom. The number of aromatic carboxylic acids is 1. The predicted molar refractivity (Wildman–Crippen MR) is 128 cm³/mol. The molecule has 0 unspecified atom stereocenters. The van der Waals surface area contributed by atoms with E-state index in [2.05, 4.69) is 5.32 Å². The minimum Gasteiger partial charge on any atom is -0.508 e. The number of thioether (sulfide) groups is 1. The van der Waals surface area contributed by atoms with Gasteiger partial charge >= 0.3 is 11.9 Å². The number of aromatic hydroxyl groups is 1. The van der Waals surface area contributed by atoms with Crippen LogP contribution in [0.3, 0.4) is 0 Å². The molecule has 13 heteroatoms. The van der Waals surface area contributed by atoms with Crippen molar-refractivity contribution in [1.29, 1.82) is 0 Å². The highest BCUT2D eigenvalue weighted by molar-refractivity contribution is 8.00. The number of phenolic OH excluding ortho intramolecular Hbond substituents is 1. The average Bonchev–Trinajstić information content (AvgIpc) is 2.82. The largest absolute Gasteiger partial charge is 0.508 e. The first-order valence-corrected chi connectivity index (χ1v) is 11.2. The highest BCUT2D eigenvalue weighted by Gasteiger charge is 2.54. The summed E-state index contributed by atoms with van der Waals surface area (Å²) in [6.07, 6.45) is 0. The molecule has 0 saturated carbocycles. The maximum absolute atomic E-state index is 12.3. The molecule has 2 aliphatic rings. The molecule has 2 aromatic carbocycles. The van der Waals surface area contributed by atoms with Crippen LogP contribution in [0.15, 0.2) is 65.3 Å². The molecule has 3 atom stereocenters. The zero-order valence-electron chi connectivity index (χ0n) is 17.9. The number of β-lactam (4-membered cyclic amide) rings is 1. The summed E-state index contributed by atoms with van der Waals surface area (Å²) in [6.45, 7) is 0. The first-order valence-electron chi connectivity index (χ1n) is 9.81. The fourth-order valence-corrected chi connectivity index (χ4v) is 4.79. The van der Waals surface area contributed by atoms with Crippen molar-refractivity contribution in [1.82, 2.24) is 10.2 Å². The molecule has 0 aromatic heterocycles. The van der Waals surface area contributed by atoms with Crippen LogP contribution < -0.4 is 11.1 Å². The number of benzene rings is 2. The number of carbonyl (C=O) groups excluding carboxylic acids is 2. The van der Waals surface area contributed by atoms with E-state index in [0.717, 1.165) is 4.90 Å². The average molecular weight is 524 g/mol. The number of carbonyl (C=O) groups is 4. The number of carboxylic acids is 2. The molecule has 0 radical (unpaired) electrons. The van der Waals surface area contributed by atoms with E-state index < -0.39 is 41.2 Å². The highest BCUT2D eigenvalue weighted by Crippen LogP contribution is 2.41. The van der Waals surface area contributed by atoms with Gasteiger partial charge in [-0.2, -0.15) is 0 Å². The van der Waals surface area contributed by atoms with Crippen molar-refractivity contribution < 1.29 is 40.0 Å². The number of rotatable bonds is 5. The lowest BCUT2D eigenvalue weighted by atomic mass is 10.0. The molecular formula is C22H22ClN3O8S. The van der Waals surface area contributed by atoms with Crippen LogP contribution in [0.1, 0.15) is 22.0 Å². The molecule has 1 fully saturated rings. The van der Waals surface area contributed by atoms with Crippen LogP contribution in [0.5, 0.6) is 5.75 Å². The number of nitrogens with one attached hydrogen (secondary N) is 1. The van der Waals surface area contributed by atoms with Crippen LogP contribution in [0.25, 0.3) is 0 Å². The zero-order valence-corrected chi connectivity index (χ0v) is 19.5. The summed E-state index contributed by atoms with van der Waals surface area (Å²) in [5, 5.41) is 28.6. The zero-order chi connectivity index (χ0) is 25.0. The van der Waals surface area contributed by atoms with Gasteiger partial charge in [0.2, 0.25) is 5.91 Å². The molecule has 0 aliphatic carbocycles. The van der Waals surface area contributed by atoms with Gasteiger partial charge in [-0.15, -0.1) is 11.8 Å². The number of nitrogens with zero attached hydrogens (tertiary/aromatic N) is 1. The number of carboxylic acid groups (broad SMARTS) is 2. The lowest BCUT2D eigenvalue weighted by Gasteiger charge is -2.48. The number of nitrogens with two attached hydrogens (primary N) is 1. The molecule has 2 aromatic rings. The molecule has 0 bridgehead atoms. The summed E-state index contributed by atoms with van der Waals surface area (Å²) in [4.78, 5) is 47.1. The molecule has 0 spiro atoms. The third-order valence-electron chi connectivity index (χ3n) is 4.98. The third kappa shape index (κ3) is 6.11. The van der Waals surface area contributed by atoms with E-state index in [-0.39, 0.29) is 33.3 Å². The second kappa shape index (κ2) is 11.7. The SMILES string of the molecule is N[C@@H](C(=O)N[C@@H]1C(=O)N2C(C(=O)O)=C(Cl)CS[C@H]12)c1ccccc1.O.O=C(O)c1ccc(O)cc1. The van der Waals surface area contributed by atoms with Gasteiger partial charge < -0.3 is 31.8 Å². The fourth-order valence-electron chi connectivity index (χ4n) is 3.24. The van der Waals surface area contributed by atoms with Crippen molar-refractivity contribution in [2.45, 2.75) is 17.5 Å². The number of halogens is 1. The number of aliphatic carboxylic acids is 1. The summed E-state index contributed by atoms with van der Waals surface area (Å²) in [5.74, 6) is -2.89. The Hall–Kier alpha value is -3.58. The van der Waals surface area contributed by atoms with Gasteiger partial charge in [-0.1, -0.05) is 41.9 Å². The van der Waals surface area contributed by atoms with Crippen LogP contribution in [0, 0.1) is 0 Å². The van der Waals surface area contributed by atoms with Crippen LogP contribution in [-0.4, -0.2) is 66.6 Å². The minimum atomic E-state index is -1.26. The summed E-state index contributed by atoms with van der Waals surface area (Å²) in [5.41, 5.74) is 6.50. The lowest BCUT2D eigenvalue weighted by molar-refractivity contribution is -0.150. The maximum atomic E-state index is 12.3. The molecule has 4 rings (SSSR count). The van der Waals surface area contributed by atoms with Gasteiger partial charge in [-0.25, -0.2) is 9.59 Å². The molecule has 2 heterocycles. The second-order valence-electron chi connectivity index (χ2n) is 7.20. The lowest BCUT2D eigenvalue weighted by Crippen LogP contribution is -2.70. The van der Waals surface area contributed by atoms with Crippen LogP contribution >= 0.6 is 23.4 Å². The first-order chi connectivity index (χ1) is 16.1. The van der Waals surface area contributed by atoms with E-state index in [4.69, 9.17) is 27.5 Å². The second-order valence-corrected chi connectivity index (χ2v) is 8.76. The molecular weight excluding hydrogens is 502 g/mol. The number of fused-ring (bicyclic) bond motifs is 1. The predicted octanol–water partition coefficient (Wildman–Crippen LogP) is 0.887. The topological polar surface area (TPSA) is 202 Å². The molecule has 35 heavy (non-hydrogen) atoms. The Kier molecular flexibility index (Phi) is 9.25. The molecule has 2 aliphatic heterocycles. The van der Waals surface area contributed by atoms with Crippen LogP contribution in [0.4, 0.5) is 0 Å². The van der Waals surface area contributed by atoms with Gasteiger partial charge in [0.15, 0.2) is 0 Å². The van der Waals surface area contributed by atoms with Gasteiger partial charge in [-0.05, 0) is 29.8 Å². The summed E-state index contributed by atoms with van der Waals surface area (Å²) in [6, 6.07) is 12.4. The van der Waals surface area contributed by atoms with E-state index in [9.17, 15) is 24.3 Å². The Bertz CT molecular complexity index is 1140. The molecule has 1 saturated heterocycles. The monoisotopic (exact) mass is 523 g/mol. The van der Waals surface area contributed by atoms with Gasteiger partial charge in [0, 0.05) is 5.75 Å². The van der Waals surface area contributed by atoms with E-state index in [1.54, 1.807) is 24.3 Å². The molecule has 186 valence electrons. The number of hydrogen-bond donors (Lipinski definition) is 5. The number of phenols is 1. The number of amides is 2. The summed E-state index contributed by atoms with van der Waals surface area (Å²) >= 11 is 7.20. The Morgan fingerprint density at radius 3 is 2.20 bits per heavy atom. The van der Waals surface area contributed by atoms with Crippen molar-refractivity contribution in [3.63, 3.8) is 0 Å². The van der Waals surface area contributed by atoms with Gasteiger partial charge in [-0.3, -0.25) is 14.5 Å². The molecule has 11 nitrogen and oxygen atoms in total. The highest BCUT2D eigenvalue weighted by atomic mass is 35.5. The van der Waals surface area contributed by atoms with E-state index in [1.807, 2.05) is 6.07 Å². The van der Waals surface area contributed by atoms with Crippen LogP contribution in [-0.2, 0) is 14.4 Å². The van der Waals surface area contributed by atoms with Crippen molar-refractivity contribution in [3.8, 4) is 5.75 Å². The van der Waals surface area contributed by atoms with Crippen LogP contribution in [0.2, 0.25) is 0 Å². The Balaban J connectivity index is 0.000000332. The standard InChI is InChI=1S/C15H14ClN3O4S.C7H6O3.H2O/c16-8-6-24-14-10(13(21)19(14)11(8)15(22)23)18-12(20)9(17)7-4-2-1-3-5-7;8-6-3-1-5(2-4-6)7(9)10;/h1-5,9-10,14H,6,17H2,(H,18,20)(H,22,23);1-4,8H,(H,9,10);1H2/t9-,10-,14-;;/m1../s1. The van der Waals surface area contributed by atoms with E-state index in [0.29, 0.717) is 5.56 Å². The summed E-state index contributed by atoms with van der Waals surface area (Å²) in [7, 11) is 0. The van der Waals surface area contributed by atoms with Crippen molar-refractivity contribution in [2.24, 2.45) is 5.73 Å². The van der Waals surface area contributed by atoms with Crippen molar-refractivity contribution in [3.05, 3.63) is 76.5 Å². The van der Waals surface area contributed by atoms with E-state index >= 15 is 0 Å². The maximum Gasteiger partial charge on any atom is 0.353 e. The number of hydrogen-bond acceptors (Lipinski definition) is 7. The minimum absolute atomic E-state index is 0. The van der Waals surface area contributed by atoms with Crippen molar-refractivity contribution >= 4 is 47.1 Å². The van der Waals surface area contributed by atoms with Gasteiger partial charge in [0.05, 0.1) is 10.6 Å². The fraction of sp³-hybridized carbons (Fsp3) is 0.182. The smallest absolute Gasteiger partial charge is 0.353 e. The quantitative estimate of drug-likeness (QED) is 0.352. The van der Waals surface area contributed by atoms with Crippen molar-refractivity contribution in [2.75, 3.05) is 5.75 Å². The van der Waals surface area contributed by atoms with Gasteiger partial charge in [0.1, 0.15) is 28.9 Å². The molecule has 2 amide bonds. The molecule has 8 N–H and O–H groups in total. The van der Waals surface area contributed by atoms with Gasteiger partial charge in [0.25, 0.3) is 5.91 Å². The Labute approximate surface area is 208 Å². The first kappa shape index (κ1) is 27.7.